The second-order valence-corrected chi connectivity index (χ2v) is 6.02. The van der Waals surface area contributed by atoms with E-state index in [1.807, 2.05) is 12.1 Å². The molecule has 2 rings (SSSR count). The van der Waals surface area contributed by atoms with E-state index in [2.05, 4.69) is 29.0 Å². The van der Waals surface area contributed by atoms with Gasteiger partial charge in [0.25, 0.3) is 5.91 Å². The van der Waals surface area contributed by atoms with E-state index < -0.39 is 30.4 Å². The summed E-state index contributed by atoms with van der Waals surface area (Å²) in [4.78, 5) is 23.8. The number of Topliss-reactive ketones (excluding diaryl/α,β-unsaturated/α-hetero) is 1. The van der Waals surface area contributed by atoms with Crippen molar-refractivity contribution in [3.05, 3.63) is 65.2 Å². The summed E-state index contributed by atoms with van der Waals surface area (Å²) >= 11 is 0. The Labute approximate surface area is 163 Å². The van der Waals surface area contributed by atoms with Crippen molar-refractivity contribution in [2.24, 2.45) is 0 Å². The smallest absolute Gasteiger partial charge is 0.251 e. The minimum absolute atomic E-state index is 0.299. The minimum atomic E-state index is -1.17. The molecule has 2 aromatic carbocycles. The van der Waals surface area contributed by atoms with Crippen LogP contribution in [0.1, 0.15) is 28.4 Å². The van der Waals surface area contributed by atoms with Crippen molar-refractivity contribution in [2.75, 3.05) is 12.3 Å². The van der Waals surface area contributed by atoms with E-state index in [0.717, 1.165) is 5.56 Å². The summed E-state index contributed by atoms with van der Waals surface area (Å²) < 4.78 is 0. The van der Waals surface area contributed by atoms with Crippen LogP contribution in [0, 0.1) is 23.7 Å². The number of aliphatic hydroxyl groups excluding tert-OH is 2. The van der Waals surface area contributed by atoms with E-state index in [4.69, 9.17) is 10.8 Å². The van der Waals surface area contributed by atoms with Gasteiger partial charge in [-0.15, -0.1) is 0 Å². The minimum Gasteiger partial charge on any atom is -0.399 e. The number of hydrogen-bond acceptors (Lipinski definition) is 5. The molecule has 6 nitrogen and oxygen atoms in total. The Hall–Kier alpha value is -3.58. The van der Waals surface area contributed by atoms with Crippen LogP contribution in [0.25, 0.3) is 0 Å². The molecular formula is C22H20N2O4. The Morgan fingerprint density at radius 1 is 1.07 bits per heavy atom. The Bertz CT molecular complexity index is 973. The maximum atomic E-state index is 12.2. The second-order valence-electron chi connectivity index (χ2n) is 6.02. The average Bonchev–Trinajstić information content (AvgIpc) is 2.69. The SMILES string of the molecule is C[C@@H](O)[C@H](NC(=O)c1ccc(C#CC#Cc2cccc(N)c2)cc1)C(=O)CO. The van der Waals surface area contributed by atoms with E-state index in [-0.39, 0.29) is 0 Å². The molecule has 0 aromatic heterocycles. The zero-order valence-electron chi connectivity index (χ0n) is 15.3. The number of carbonyl (C=O) groups is 2. The molecule has 2 aromatic rings. The zero-order chi connectivity index (χ0) is 20.5. The largest absolute Gasteiger partial charge is 0.399 e. The number of nitrogen functional groups attached to an aromatic ring is 1. The third kappa shape index (κ3) is 6.00. The first-order valence-electron chi connectivity index (χ1n) is 8.51. The van der Waals surface area contributed by atoms with Crippen molar-refractivity contribution < 1.29 is 19.8 Å². The molecule has 142 valence electrons. The van der Waals surface area contributed by atoms with Crippen LogP contribution in [0.4, 0.5) is 5.69 Å². The van der Waals surface area contributed by atoms with E-state index in [0.29, 0.717) is 16.8 Å². The van der Waals surface area contributed by atoms with Gasteiger partial charge in [0.2, 0.25) is 0 Å². The quantitative estimate of drug-likeness (QED) is 0.454. The Morgan fingerprint density at radius 3 is 2.29 bits per heavy atom. The van der Waals surface area contributed by atoms with Gasteiger partial charge >= 0.3 is 0 Å². The number of nitrogens with one attached hydrogen (secondary N) is 1. The highest BCUT2D eigenvalue weighted by Gasteiger charge is 2.25. The summed E-state index contributed by atoms with van der Waals surface area (Å²) in [6.07, 6.45) is -1.12. The highest BCUT2D eigenvalue weighted by atomic mass is 16.3. The number of carbonyl (C=O) groups excluding carboxylic acids is 2. The molecule has 0 aliphatic carbocycles. The van der Waals surface area contributed by atoms with Crippen LogP contribution < -0.4 is 11.1 Å². The standard InChI is InChI=1S/C22H20N2O4/c1-15(26)21(20(27)14-25)24-22(28)18-11-9-16(10-12-18)5-2-3-6-17-7-4-8-19(23)13-17/h4,7-13,15,21,25-26H,14,23H2,1H3,(H,24,28)/t15-,21+/m1/s1. The van der Waals surface area contributed by atoms with E-state index in [1.54, 1.807) is 36.4 Å². The number of nitrogens with two attached hydrogens (primary N) is 1. The predicted octanol–water partition coefficient (Wildman–Crippen LogP) is 0.713. The Morgan fingerprint density at radius 2 is 1.71 bits per heavy atom. The molecule has 2 atom stereocenters. The Kier molecular flexibility index (Phi) is 7.36. The molecule has 0 aliphatic heterocycles. The molecule has 0 radical (unpaired) electrons. The average molecular weight is 376 g/mol. The van der Waals surface area contributed by atoms with Gasteiger partial charge in [-0.2, -0.15) is 0 Å². The van der Waals surface area contributed by atoms with Crippen molar-refractivity contribution in [3.63, 3.8) is 0 Å². The van der Waals surface area contributed by atoms with Gasteiger partial charge in [0.1, 0.15) is 12.6 Å². The topological polar surface area (TPSA) is 113 Å². The van der Waals surface area contributed by atoms with Crippen molar-refractivity contribution in [1.82, 2.24) is 5.32 Å². The molecule has 0 saturated carbocycles. The van der Waals surface area contributed by atoms with Gasteiger partial charge in [-0.05, 0) is 61.2 Å². The molecular weight excluding hydrogens is 356 g/mol. The monoisotopic (exact) mass is 376 g/mol. The van der Waals surface area contributed by atoms with Gasteiger partial charge in [-0.25, -0.2) is 0 Å². The molecule has 0 saturated heterocycles. The summed E-state index contributed by atoms with van der Waals surface area (Å²) in [6, 6.07) is 12.4. The molecule has 28 heavy (non-hydrogen) atoms. The third-order valence-corrected chi connectivity index (χ3v) is 3.78. The van der Waals surface area contributed by atoms with Crippen LogP contribution in [0.15, 0.2) is 48.5 Å². The molecule has 6 heteroatoms. The number of benzene rings is 2. The van der Waals surface area contributed by atoms with Gasteiger partial charge in [0.15, 0.2) is 5.78 Å². The first kappa shape index (κ1) is 20.7. The van der Waals surface area contributed by atoms with Crippen LogP contribution >= 0.6 is 0 Å². The summed E-state index contributed by atoms with van der Waals surface area (Å²) in [6.45, 7) is 0.600. The first-order valence-corrected chi connectivity index (χ1v) is 8.51. The molecule has 0 unspecified atom stereocenters. The van der Waals surface area contributed by atoms with Gasteiger partial charge < -0.3 is 21.3 Å². The number of amides is 1. The molecule has 1 amide bonds. The van der Waals surface area contributed by atoms with Gasteiger partial charge in [-0.3, -0.25) is 9.59 Å². The summed E-state index contributed by atoms with van der Waals surface area (Å²) in [5.74, 6) is 10.0. The van der Waals surface area contributed by atoms with Crippen LogP contribution in [-0.4, -0.2) is 40.7 Å². The summed E-state index contributed by atoms with van der Waals surface area (Å²) in [5.41, 5.74) is 8.05. The molecule has 0 heterocycles. The van der Waals surface area contributed by atoms with Crippen LogP contribution in [0.3, 0.4) is 0 Å². The van der Waals surface area contributed by atoms with E-state index >= 15 is 0 Å². The molecule has 5 N–H and O–H groups in total. The van der Waals surface area contributed by atoms with Crippen LogP contribution in [0.2, 0.25) is 0 Å². The van der Waals surface area contributed by atoms with Crippen molar-refractivity contribution in [3.8, 4) is 23.7 Å². The lowest BCUT2D eigenvalue weighted by atomic mass is 10.1. The fourth-order valence-electron chi connectivity index (χ4n) is 2.32. The first-order chi connectivity index (χ1) is 13.4. The third-order valence-electron chi connectivity index (χ3n) is 3.78. The number of hydrogen-bond donors (Lipinski definition) is 4. The number of aliphatic hydroxyl groups is 2. The fourth-order valence-corrected chi connectivity index (χ4v) is 2.32. The van der Waals surface area contributed by atoms with Gasteiger partial charge in [0.05, 0.1) is 6.10 Å². The lowest BCUT2D eigenvalue weighted by Gasteiger charge is -2.19. The molecule has 0 bridgehead atoms. The van der Waals surface area contributed by atoms with Crippen LogP contribution in [-0.2, 0) is 4.79 Å². The predicted molar refractivity (Wildman–Crippen MR) is 106 cm³/mol. The lowest BCUT2D eigenvalue weighted by molar-refractivity contribution is -0.125. The maximum absolute atomic E-state index is 12.2. The Balaban J connectivity index is 2.04. The fraction of sp³-hybridized carbons (Fsp3) is 0.182. The molecule has 0 aliphatic rings. The maximum Gasteiger partial charge on any atom is 0.251 e. The highest BCUT2D eigenvalue weighted by molar-refractivity contribution is 5.98. The summed E-state index contributed by atoms with van der Waals surface area (Å²) in [7, 11) is 0. The van der Waals surface area contributed by atoms with Gasteiger partial charge in [-0.1, -0.05) is 17.9 Å². The zero-order valence-corrected chi connectivity index (χ0v) is 15.3. The van der Waals surface area contributed by atoms with E-state index in [9.17, 15) is 14.7 Å². The van der Waals surface area contributed by atoms with Crippen molar-refractivity contribution in [1.29, 1.82) is 0 Å². The number of ketones is 1. The van der Waals surface area contributed by atoms with Crippen molar-refractivity contribution in [2.45, 2.75) is 19.1 Å². The highest BCUT2D eigenvalue weighted by Crippen LogP contribution is 2.06. The normalized spacial score (nSPS) is 11.8. The second kappa shape index (κ2) is 9.94. The van der Waals surface area contributed by atoms with Crippen LogP contribution in [0.5, 0.6) is 0 Å². The number of rotatable bonds is 5. The van der Waals surface area contributed by atoms with Gasteiger partial charge in [0, 0.05) is 22.4 Å². The van der Waals surface area contributed by atoms with Crippen molar-refractivity contribution >= 4 is 17.4 Å². The molecule has 0 fully saturated rings. The molecule has 0 spiro atoms. The number of anilines is 1. The van der Waals surface area contributed by atoms with E-state index in [1.165, 1.54) is 6.92 Å². The summed E-state index contributed by atoms with van der Waals surface area (Å²) in [5, 5.41) is 20.9. The lowest BCUT2D eigenvalue weighted by Crippen LogP contribution is -2.48.